The van der Waals surface area contributed by atoms with Crippen molar-refractivity contribution >= 4 is 11.8 Å². The maximum atomic E-state index is 12.5. The van der Waals surface area contributed by atoms with E-state index >= 15 is 0 Å². The lowest BCUT2D eigenvalue weighted by Crippen LogP contribution is -2.41. The highest BCUT2D eigenvalue weighted by atomic mass is 16.3. The predicted octanol–water partition coefficient (Wildman–Crippen LogP) is 2.19. The Morgan fingerprint density at radius 3 is 2.56 bits per heavy atom. The molecule has 2 amide bonds. The van der Waals surface area contributed by atoms with Crippen LogP contribution in [0.5, 0.6) is 0 Å². The van der Waals surface area contributed by atoms with Crippen LogP contribution in [0.2, 0.25) is 0 Å². The third-order valence-electron chi connectivity index (χ3n) is 5.47. The number of rotatable bonds is 5. The highest BCUT2D eigenvalue weighted by Gasteiger charge is 2.34. The number of benzene rings is 1. The smallest absolute Gasteiger partial charge is 0.225 e. The van der Waals surface area contributed by atoms with Crippen LogP contribution in [-0.4, -0.2) is 41.0 Å². The van der Waals surface area contributed by atoms with Crippen LogP contribution in [0, 0.1) is 5.92 Å². The van der Waals surface area contributed by atoms with E-state index in [-0.39, 0.29) is 30.2 Å². The van der Waals surface area contributed by atoms with Gasteiger partial charge in [-0.1, -0.05) is 43.2 Å². The van der Waals surface area contributed by atoms with Crippen molar-refractivity contribution in [3.05, 3.63) is 35.9 Å². The minimum atomic E-state index is -1.19. The fourth-order valence-electron chi connectivity index (χ4n) is 4.00. The van der Waals surface area contributed by atoms with Crippen molar-refractivity contribution in [2.75, 3.05) is 13.1 Å². The molecule has 0 aromatic heterocycles. The molecule has 1 aromatic carbocycles. The van der Waals surface area contributed by atoms with E-state index in [9.17, 15) is 14.7 Å². The third kappa shape index (κ3) is 4.40. The van der Waals surface area contributed by atoms with Gasteiger partial charge in [0.15, 0.2) is 0 Å². The third-order valence-corrected chi connectivity index (χ3v) is 5.47. The topological polar surface area (TPSA) is 69.6 Å². The number of hydrogen-bond acceptors (Lipinski definition) is 3. The fourth-order valence-corrected chi connectivity index (χ4v) is 4.00. The molecule has 0 bridgehead atoms. The van der Waals surface area contributed by atoms with Crippen LogP contribution in [0.1, 0.15) is 51.0 Å². The van der Waals surface area contributed by atoms with Crippen molar-refractivity contribution in [2.45, 2.75) is 57.1 Å². The first kappa shape index (κ1) is 17.9. The molecule has 3 rings (SSSR count). The van der Waals surface area contributed by atoms with Crippen molar-refractivity contribution < 1.29 is 14.7 Å². The number of nitrogens with zero attached hydrogens (tertiary/aromatic N) is 1. The Kier molecular flexibility index (Phi) is 5.42. The summed E-state index contributed by atoms with van der Waals surface area (Å²) in [4.78, 5) is 26.7. The summed E-state index contributed by atoms with van der Waals surface area (Å²) in [5, 5.41) is 13.6. The van der Waals surface area contributed by atoms with Gasteiger partial charge >= 0.3 is 0 Å². The summed E-state index contributed by atoms with van der Waals surface area (Å²) in [5.41, 5.74) is -0.460. The van der Waals surface area contributed by atoms with Gasteiger partial charge in [-0.25, -0.2) is 0 Å². The van der Waals surface area contributed by atoms with E-state index in [1.54, 1.807) is 6.92 Å². The number of likely N-dealkylation sites (tertiary alicyclic amines) is 1. The van der Waals surface area contributed by atoms with Crippen LogP contribution in [0.3, 0.4) is 0 Å². The maximum Gasteiger partial charge on any atom is 0.225 e. The van der Waals surface area contributed by atoms with Gasteiger partial charge in [-0.05, 0) is 31.7 Å². The summed E-state index contributed by atoms with van der Waals surface area (Å²) < 4.78 is 0. The Morgan fingerprint density at radius 1 is 1.20 bits per heavy atom. The highest BCUT2D eigenvalue weighted by molar-refractivity contribution is 5.80. The Bertz CT molecular complexity index is 609. The molecular weight excluding hydrogens is 316 g/mol. The van der Waals surface area contributed by atoms with Gasteiger partial charge in [0.05, 0.1) is 12.0 Å². The lowest BCUT2D eigenvalue weighted by Gasteiger charge is -2.24. The normalized spacial score (nSPS) is 23.4. The van der Waals surface area contributed by atoms with Gasteiger partial charge in [-0.3, -0.25) is 9.59 Å². The zero-order valence-electron chi connectivity index (χ0n) is 14.9. The molecular formula is C20H28N2O3. The van der Waals surface area contributed by atoms with Gasteiger partial charge in [-0.15, -0.1) is 0 Å². The SMILES string of the molecule is CC(O)(CC(=O)NC1CCN(C(=O)C2CCCC2)C1)c1ccccc1. The molecule has 1 aliphatic carbocycles. The summed E-state index contributed by atoms with van der Waals surface area (Å²) in [6.07, 6.45) is 5.12. The number of aliphatic hydroxyl groups is 1. The second-order valence-corrected chi connectivity index (χ2v) is 7.64. The minimum absolute atomic E-state index is 0.00979. The molecule has 2 aliphatic rings. The van der Waals surface area contributed by atoms with Crippen molar-refractivity contribution in [2.24, 2.45) is 5.92 Å². The molecule has 1 heterocycles. The molecule has 25 heavy (non-hydrogen) atoms. The number of carbonyl (C=O) groups excluding carboxylic acids is 2. The first-order chi connectivity index (χ1) is 12.0. The molecule has 1 aliphatic heterocycles. The summed E-state index contributed by atoms with van der Waals surface area (Å²) in [7, 11) is 0. The molecule has 2 N–H and O–H groups in total. The monoisotopic (exact) mass is 344 g/mol. The lowest BCUT2D eigenvalue weighted by molar-refractivity contribution is -0.134. The van der Waals surface area contributed by atoms with Crippen LogP contribution in [-0.2, 0) is 15.2 Å². The average Bonchev–Trinajstić information content (AvgIpc) is 3.26. The van der Waals surface area contributed by atoms with E-state index in [0.29, 0.717) is 6.54 Å². The molecule has 0 spiro atoms. The van der Waals surface area contributed by atoms with Crippen LogP contribution in [0.4, 0.5) is 0 Å². The van der Waals surface area contributed by atoms with Gasteiger partial charge in [0, 0.05) is 25.0 Å². The zero-order chi connectivity index (χ0) is 17.9. The Labute approximate surface area is 149 Å². The van der Waals surface area contributed by atoms with Gasteiger partial charge < -0.3 is 15.3 Å². The molecule has 2 fully saturated rings. The first-order valence-electron chi connectivity index (χ1n) is 9.32. The van der Waals surface area contributed by atoms with Crippen molar-refractivity contribution in [1.82, 2.24) is 10.2 Å². The summed E-state index contributed by atoms with van der Waals surface area (Å²) in [6.45, 7) is 2.97. The van der Waals surface area contributed by atoms with E-state index in [1.165, 1.54) is 0 Å². The molecule has 136 valence electrons. The average molecular weight is 344 g/mol. The van der Waals surface area contributed by atoms with Crippen LogP contribution < -0.4 is 5.32 Å². The van der Waals surface area contributed by atoms with E-state index in [1.807, 2.05) is 35.2 Å². The Balaban J connectivity index is 1.49. The summed E-state index contributed by atoms with van der Waals surface area (Å²) in [5.74, 6) is 0.271. The molecule has 5 heteroatoms. The largest absolute Gasteiger partial charge is 0.385 e. The Hall–Kier alpha value is -1.88. The fraction of sp³-hybridized carbons (Fsp3) is 0.600. The van der Waals surface area contributed by atoms with E-state index in [4.69, 9.17) is 0 Å². The summed E-state index contributed by atoms with van der Waals surface area (Å²) >= 11 is 0. The quantitative estimate of drug-likeness (QED) is 0.860. The van der Waals surface area contributed by atoms with Crippen molar-refractivity contribution in [1.29, 1.82) is 0 Å². The van der Waals surface area contributed by atoms with E-state index in [0.717, 1.165) is 44.2 Å². The molecule has 2 atom stereocenters. The van der Waals surface area contributed by atoms with E-state index < -0.39 is 5.60 Å². The number of carbonyl (C=O) groups is 2. The first-order valence-corrected chi connectivity index (χ1v) is 9.32. The molecule has 0 radical (unpaired) electrons. The minimum Gasteiger partial charge on any atom is -0.385 e. The van der Waals surface area contributed by atoms with Crippen molar-refractivity contribution in [3.8, 4) is 0 Å². The molecule has 1 saturated heterocycles. The number of amides is 2. The van der Waals surface area contributed by atoms with Crippen LogP contribution >= 0.6 is 0 Å². The number of nitrogens with one attached hydrogen (secondary N) is 1. The standard InChI is InChI=1S/C20H28N2O3/c1-20(25,16-9-3-2-4-10-16)13-18(23)21-17-11-12-22(14-17)19(24)15-7-5-6-8-15/h2-4,9-10,15,17,25H,5-8,11-14H2,1H3,(H,21,23). The molecule has 1 saturated carbocycles. The molecule has 2 unspecified atom stereocenters. The van der Waals surface area contributed by atoms with Gasteiger partial charge in [-0.2, -0.15) is 0 Å². The highest BCUT2D eigenvalue weighted by Crippen LogP contribution is 2.28. The second kappa shape index (κ2) is 7.56. The zero-order valence-corrected chi connectivity index (χ0v) is 14.9. The van der Waals surface area contributed by atoms with Gasteiger partial charge in [0.25, 0.3) is 0 Å². The van der Waals surface area contributed by atoms with Gasteiger partial charge in [0.1, 0.15) is 0 Å². The van der Waals surface area contributed by atoms with Crippen LogP contribution in [0.15, 0.2) is 30.3 Å². The Morgan fingerprint density at radius 2 is 1.88 bits per heavy atom. The van der Waals surface area contributed by atoms with Crippen LogP contribution in [0.25, 0.3) is 0 Å². The van der Waals surface area contributed by atoms with Gasteiger partial charge in [0.2, 0.25) is 11.8 Å². The number of hydrogen-bond donors (Lipinski definition) is 2. The second-order valence-electron chi connectivity index (χ2n) is 7.64. The predicted molar refractivity (Wildman–Crippen MR) is 95.7 cm³/mol. The van der Waals surface area contributed by atoms with E-state index in [2.05, 4.69) is 5.32 Å². The molecule has 5 nitrogen and oxygen atoms in total. The lowest BCUT2D eigenvalue weighted by atomic mass is 9.92. The van der Waals surface area contributed by atoms with Crippen molar-refractivity contribution in [3.63, 3.8) is 0 Å². The molecule has 1 aromatic rings. The maximum absolute atomic E-state index is 12.5. The summed E-state index contributed by atoms with van der Waals surface area (Å²) in [6, 6.07) is 9.23.